The number of nitrogens with one attached hydrogen (secondary N) is 1. The predicted octanol–water partition coefficient (Wildman–Crippen LogP) is 4.40. The lowest BCUT2D eigenvalue weighted by molar-refractivity contribution is -0.117. The van der Waals surface area contributed by atoms with E-state index in [1.54, 1.807) is 18.5 Å². The van der Waals surface area contributed by atoms with Gasteiger partial charge >= 0.3 is 0 Å². The number of carbonyl (C=O) groups is 1. The van der Waals surface area contributed by atoms with Gasteiger partial charge in [0, 0.05) is 33.6 Å². The molecule has 1 rings (SSSR count). The molecule has 3 unspecified atom stereocenters. The van der Waals surface area contributed by atoms with Crippen LogP contribution < -0.4 is 5.32 Å². The average molecular weight is 418 g/mol. The van der Waals surface area contributed by atoms with Crippen molar-refractivity contribution in [3.8, 4) is 0 Å². The Kier molecular flexibility index (Phi) is 9.02. The van der Waals surface area contributed by atoms with Crippen molar-refractivity contribution in [1.82, 2.24) is 10.3 Å². The van der Waals surface area contributed by atoms with E-state index in [0.717, 1.165) is 28.8 Å². The highest BCUT2D eigenvalue weighted by molar-refractivity contribution is 7.99. The number of aromatic nitrogens is 1. The number of amidine groups is 1. The monoisotopic (exact) mass is 417 g/mol. The quantitative estimate of drug-likeness (QED) is 0.280. The van der Waals surface area contributed by atoms with E-state index >= 15 is 0 Å². The van der Waals surface area contributed by atoms with E-state index in [1.165, 1.54) is 0 Å². The molecule has 1 aromatic rings. The van der Waals surface area contributed by atoms with Crippen LogP contribution >= 0.6 is 0 Å². The second-order valence-corrected chi connectivity index (χ2v) is 10.4. The van der Waals surface area contributed by atoms with Crippen molar-refractivity contribution in [2.45, 2.75) is 59.5 Å². The Morgan fingerprint density at radius 2 is 1.90 bits per heavy atom. The molecule has 1 aromatic heterocycles. The van der Waals surface area contributed by atoms with Gasteiger partial charge in [-0.05, 0) is 49.8 Å². The number of pyridine rings is 1. The van der Waals surface area contributed by atoms with Crippen LogP contribution in [0.5, 0.6) is 0 Å². The highest BCUT2D eigenvalue weighted by Gasteiger charge is 2.24. The van der Waals surface area contributed by atoms with Gasteiger partial charge in [0.05, 0.1) is 6.54 Å². The summed E-state index contributed by atoms with van der Waals surface area (Å²) in [5, 5.41) is 3.68. The second-order valence-electron chi connectivity index (χ2n) is 7.99. The molecule has 0 amide bonds. The molecule has 0 aromatic carbocycles. The van der Waals surface area contributed by atoms with Crippen molar-refractivity contribution in [1.29, 1.82) is 0 Å². The highest BCUT2D eigenvalue weighted by atomic mass is 32.2. The molecule has 0 aliphatic heterocycles. The second kappa shape index (κ2) is 10.5. The van der Waals surface area contributed by atoms with Crippen LogP contribution in [0.1, 0.15) is 53.5 Å². The van der Waals surface area contributed by atoms with Gasteiger partial charge in [-0.25, -0.2) is 4.98 Å². The number of allylic oxidation sites excluding steroid dienone is 2. The maximum atomic E-state index is 13.1. The van der Waals surface area contributed by atoms with Crippen LogP contribution in [0.2, 0.25) is 0 Å². The summed E-state index contributed by atoms with van der Waals surface area (Å²) in [5.74, 6) is 4.07. The minimum absolute atomic E-state index is 0.0155. The minimum Gasteiger partial charge on any atom is -0.337 e. The van der Waals surface area contributed by atoms with E-state index in [0.29, 0.717) is 17.4 Å². The minimum atomic E-state index is -2.35. The van der Waals surface area contributed by atoms with Crippen LogP contribution in [0.4, 0.5) is 0 Å². The van der Waals surface area contributed by atoms with Crippen LogP contribution in [-0.2, 0) is 20.9 Å². The van der Waals surface area contributed by atoms with E-state index < -0.39 is 9.52 Å². The predicted molar refractivity (Wildman–Crippen MR) is 125 cm³/mol. The molecule has 0 aliphatic rings. The van der Waals surface area contributed by atoms with Gasteiger partial charge in [-0.2, -0.15) is 0 Å². The number of aliphatic imine (C=N–C) groups is 1. The molecule has 6 heteroatoms. The molecule has 29 heavy (non-hydrogen) atoms. The molecule has 3 atom stereocenters. The third-order valence-electron chi connectivity index (χ3n) is 4.97. The molecule has 0 bridgehead atoms. The van der Waals surface area contributed by atoms with Gasteiger partial charge in [0.25, 0.3) is 0 Å². The largest absolute Gasteiger partial charge is 0.337 e. The SMILES string of the molecule is C=C(C)C(NC(=NCc1ccc(S(=C)(C)=O)nc1)C(=O)C(C)C(C)CC)=C(C)C. The maximum absolute atomic E-state index is 13.1. The summed E-state index contributed by atoms with van der Waals surface area (Å²) in [6.45, 7) is 16.2. The first-order chi connectivity index (χ1) is 13.4. The van der Waals surface area contributed by atoms with Gasteiger partial charge in [-0.3, -0.25) is 14.0 Å². The lowest BCUT2D eigenvalue weighted by Gasteiger charge is -2.21. The topological polar surface area (TPSA) is 71.4 Å². The first kappa shape index (κ1) is 24.8. The van der Waals surface area contributed by atoms with Crippen LogP contribution in [-0.4, -0.2) is 32.9 Å². The number of carbonyl (C=O) groups excluding carboxylic acids is 1. The van der Waals surface area contributed by atoms with E-state index in [2.05, 4.69) is 41.6 Å². The zero-order chi connectivity index (χ0) is 22.4. The van der Waals surface area contributed by atoms with Gasteiger partial charge in [-0.1, -0.05) is 45.4 Å². The van der Waals surface area contributed by atoms with Crippen LogP contribution in [0.25, 0.3) is 0 Å². The van der Waals surface area contributed by atoms with E-state index in [4.69, 9.17) is 0 Å². The zero-order valence-electron chi connectivity index (χ0n) is 18.8. The molecule has 1 N–H and O–H groups in total. The fraction of sp³-hybridized carbons (Fsp3) is 0.478. The lowest BCUT2D eigenvalue weighted by atomic mass is 9.89. The summed E-state index contributed by atoms with van der Waals surface area (Å²) < 4.78 is 12.0. The van der Waals surface area contributed by atoms with E-state index in [-0.39, 0.29) is 17.6 Å². The number of hydrogen-bond acceptors (Lipinski definition) is 4. The molecule has 160 valence electrons. The molecule has 0 radical (unpaired) electrons. The highest BCUT2D eigenvalue weighted by Crippen LogP contribution is 2.18. The van der Waals surface area contributed by atoms with Gasteiger partial charge in [0.2, 0.25) is 5.78 Å². The lowest BCUT2D eigenvalue weighted by Crippen LogP contribution is -2.37. The van der Waals surface area contributed by atoms with Gasteiger partial charge < -0.3 is 5.32 Å². The van der Waals surface area contributed by atoms with E-state index in [9.17, 15) is 9.00 Å². The molecule has 0 saturated carbocycles. The van der Waals surface area contributed by atoms with Gasteiger partial charge in [-0.15, -0.1) is 0 Å². The Bertz CT molecular complexity index is 906. The summed E-state index contributed by atoms with van der Waals surface area (Å²) in [4.78, 5) is 21.9. The van der Waals surface area contributed by atoms with Crippen molar-refractivity contribution >= 4 is 27.0 Å². The molecule has 1 heterocycles. The van der Waals surface area contributed by atoms with Crippen molar-refractivity contribution in [2.75, 3.05) is 6.26 Å². The van der Waals surface area contributed by atoms with Crippen LogP contribution in [0.15, 0.2) is 51.8 Å². The smallest absolute Gasteiger partial charge is 0.200 e. The summed E-state index contributed by atoms with van der Waals surface area (Å²) >= 11 is 0. The zero-order valence-corrected chi connectivity index (χ0v) is 19.7. The first-order valence-corrected chi connectivity index (χ1v) is 12.0. The average Bonchev–Trinajstić information content (AvgIpc) is 2.65. The summed E-state index contributed by atoms with van der Waals surface area (Å²) in [7, 11) is -2.35. The van der Waals surface area contributed by atoms with Crippen molar-refractivity contribution in [3.63, 3.8) is 0 Å². The van der Waals surface area contributed by atoms with Crippen LogP contribution in [0.3, 0.4) is 0 Å². The van der Waals surface area contributed by atoms with Gasteiger partial charge in [0.1, 0.15) is 5.03 Å². The number of nitrogens with zero attached hydrogens (tertiary/aromatic N) is 2. The summed E-state index contributed by atoms with van der Waals surface area (Å²) in [6.07, 6.45) is 4.11. The Hall–Kier alpha value is -2.21. The van der Waals surface area contributed by atoms with Crippen molar-refractivity contribution in [2.24, 2.45) is 16.8 Å². The number of Topliss-reactive ketones (excluding diaryl/α,β-unsaturated/α-hetero) is 1. The van der Waals surface area contributed by atoms with Gasteiger partial charge in [0.15, 0.2) is 5.84 Å². The number of rotatable bonds is 9. The standard InChI is InChI=1S/C23H35N3O2S/c1-10-17(6)18(7)22(27)23(26-21(15(2)3)16(4)5)25-14-19-11-12-20(24-13-19)29(8,9)28/h11-13,17-18H,2,8,10,14H2,1,3-7,9H3,(H,25,26). The first-order valence-electron chi connectivity index (χ1n) is 9.84. The maximum Gasteiger partial charge on any atom is 0.200 e. The molecular formula is C23H35N3O2S. The number of hydrogen-bond donors (Lipinski definition) is 1. The molecular weight excluding hydrogens is 382 g/mol. The van der Waals surface area contributed by atoms with E-state index in [1.807, 2.05) is 33.8 Å². The third-order valence-corrected chi connectivity index (χ3v) is 6.10. The molecule has 0 spiro atoms. The Morgan fingerprint density at radius 1 is 1.28 bits per heavy atom. The fourth-order valence-corrected chi connectivity index (χ4v) is 3.35. The normalized spacial score (nSPS) is 15.8. The molecule has 0 saturated heterocycles. The molecule has 5 nitrogen and oxygen atoms in total. The Morgan fingerprint density at radius 3 is 2.31 bits per heavy atom. The Labute approximate surface area is 176 Å². The fourth-order valence-electron chi connectivity index (χ4n) is 2.71. The van der Waals surface area contributed by atoms with Crippen molar-refractivity contribution in [3.05, 3.63) is 47.3 Å². The molecule has 0 fully saturated rings. The summed E-state index contributed by atoms with van der Waals surface area (Å²) in [5.41, 5.74) is 3.54. The number of ketones is 1. The van der Waals surface area contributed by atoms with Crippen molar-refractivity contribution < 1.29 is 9.00 Å². The summed E-state index contributed by atoms with van der Waals surface area (Å²) in [6, 6.07) is 3.52. The Balaban J connectivity index is 3.23. The molecule has 0 aliphatic carbocycles. The van der Waals surface area contributed by atoms with Crippen LogP contribution in [0, 0.1) is 11.8 Å². The third kappa shape index (κ3) is 7.28.